The van der Waals surface area contributed by atoms with Crippen LogP contribution in [0.15, 0.2) is 12.1 Å². The number of carbonyl (C=O) groups excluding carboxylic acids is 4. The Kier molecular flexibility index (Phi) is 6.91. The van der Waals surface area contributed by atoms with Crippen LogP contribution >= 0.6 is 0 Å². The van der Waals surface area contributed by atoms with Crippen LogP contribution in [0.25, 0.3) is 0 Å². The third kappa shape index (κ3) is 5.39. The highest BCUT2D eigenvalue weighted by atomic mass is 19.4. The molecule has 1 fully saturated rings. The lowest BCUT2D eigenvalue weighted by atomic mass is 9.88. The summed E-state index contributed by atoms with van der Waals surface area (Å²) in [5, 5.41) is 2.26. The van der Waals surface area contributed by atoms with E-state index in [9.17, 15) is 32.3 Å². The first-order valence-electron chi connectivity index (χ1n) is 9.83. The molecule has 9 heteroatoms. The van der Waals surface area contributed by atoms with Gasteiger partial charge >= 0.3 is 6.18 Å². The number of amides is 2. The Morgan fingerprint density at radius 3 is 2.58 bits per heavy atom. The second-order valence-electron chi connectivity index (χ2n) is 7.52. The summed E-state index contributed by atoms with van der Waals surface area (Å²) < 4.78 is 44.9. The van der Waals surface area contributed by atoms with E-state index < -0.39 is 29.4 Å². The van der Waals surface area contributed by atoms with Gasteiger partial charge in [-0.05, 0) is 43.4 Å². The molecular formula is C22H20F3NO5. The summed E-state index contributed by atoms with van der Waals surface area (Å²) in [5.74, 6) is 3.17. The van der Waals surface area contributed by atoms with E-state index in [4.69, 9.17) is 4.74 Å². The molecule has 0 radical (unpaired) electrons. The zero-order chi connectivity index (χ0) is 22.6. The van der Waals surface area contributed by atoms with Crippen LogP contribution in [0.4, 0.5) is 13.2 Å². The Morgan fingerprint density at radius 2 is 1.90 bits per heavy atom. The van der Waals surface area contributed by atoms with E-state index in [0.717, 1.165) is 12.1 Å². The Morgan fingerprint density at radius 1 is 1.16 bits per heavy atom. The summed E-state index contributed by atoms with van der Waals surface area (Å²) in [6, 6.07) is 1.78. The highest BCUT2D eigenvalue weighted by Gasteiger charge is 2.38. The van der Waals surface area contributed by atoms with E-state index in [1.54, 1.807) is 0 Å². The number of alkyl halides is 3. The lowest BCUT2D eigenvalue weighted by molar-refractivity contribution is -0.138. The summed E-state index contributed by atoms with van der Waals surface area (Å²) >= 11 is 0. The molecule has 1 aliphatic carbocycles. The molecule has 1 aromatic carbocycles. The zero-order valence-corrected chi connectivity index (χ0v) is 16.5. The number of Topliss-reactive ketones (excluding diaryl/α,β-unsaturated/α-hetero) is 1. The monoisotopic (exact) mass is 435 g/mol. The number of ketones is 1. The molecular weight excluding hydrogens is 415 g/mol. The van der Waals surface area contributed by atoms with Crippen LogP contribution in [0.5, 0.6) is 0 Å². The van der Waals surface area contributed by atoms with Gasteiger partial charge in [0.15, 0.2) is 5.78 Å². The van der Waals surface area contributed by atoms with Crippen LogP contribution in [0.1, 0.15) is 52.7 Å². The fourth-order valence-corrected chi connectivity index (χ4v) is 3.88. The van der Waals surface area contributed by atoms with Gasteiger partial charge in [-0.25, -0.2) is 0 Å². The lowest BCUT2D eigenvalue weighted by Gasteiger charge is -2.21. The maximum absolute atomic E-state index is 13.3. The topological polar surface area (TPSA) is 89.5 Å². The summed E-state index contributed by atoms with van der Waals surface area (Å²) in [6.45, 7) is -0.299. The van der Waals surface area contributed by atoms with Crippen molar-refractivity contribution in [3.8, 4) is 11.8 Å². The van der Waals surface area contributed by atoms with Crippen molar-refractivity contribution in [2.24, 2.45) is 11.8 Å². The molecule has 0 saturated carbocycles. The Bertz CT molecular complexity index is 974. The molecule has 3 rings (SSSR count). The van der Waals surface area contributed by atoms with Gasteiger partial charge < -0.3 is 9.53 Å². The Labute approximate surface area is 176 Å². The summed E-state index contributed by atoms with van der Waals surface area (Å²) in [4.78, 5) is 46.2. The minimum atomic E-state index is -4.63. The van der Waals surface area contributed by atoms with Crippen LogP contribution in [0.3, 0.4) is 0 Å². The number of benzene rings is 1. The molecule has 31 heavy (non-hydrogen) atoms. The summed E-state index contributed by atoms with van der Waals surface area (Å²) in [5.41, 5.74) is -0.393. The molecule has 6 nitrogen and oxygen atoms in total. The number of imide groups is 1. The average molecular weight is 435 g/mol. The second kappa shape index (κ2) is 9.43. The maximum Gasteiger partial charge on any atom is 0.416 e. The fraction of sp³-hybridized carbons (Fsp3) is 0.455. The molecule has 164 valence electrons. The number of piperidine rings is 1. The molecule has 0 spiro atoms. The molecule has 2 amide bonds. The lowest BCUT2D eigenvalue weighted by Crippen LogP contribution is -2.40. The largest absolute Gasteiger partial charge is 0.416 e. The summed E-state index contributed by atoms with van der Waals surface area (Å²) in [7, 11) is 0. The summed E-state index contributed by atoms with van der Waals surface area (Å²) in [6.07, 6.45) is -2.53. The first kappa shape index (κ1) is 22.7. The molecule has 0 bridgehead atoms. The number of fused-ring (bicyclic) bond motifs is 1. The normalized spacial score (nSPS) is 20.7. The van der Waals surface area contributed by atoms with Gasteiger partial charge in [0.1, 0.15) is 19.5 Å². The van der Waals surface area contributed by atoms with Gasteiger partial charge in [-0.2, -0.15) is 13.2 Å². The Hall–Kier alpha value is -2.99. The number of hydrogen-bond donors (Lipinski definition) is 1. The van der Waals surface area contributed by atoms with E-state index >= 15 is 0 Å². The van der Waals surface area contributed by atoms with Gasteiger partial charge in [0.05, 0.1) is 5.56 Å². The standard InChI is InChI=1S/C22H20F3NO5/c23-22(24,25)16-10-14(2-1-8-31-9-7-27)17-11-15(20(29)18(17)12-16)4-3-13-5-6-19(28)26-21(13)30/h7,10,12-13,15H,3-6,8-9,11H2,(H,26,28,30). The molecule has 1 saturated heterocycles. The van der Waals surface area contributed by atoms with E-state index in [0.29, 0.717) is 31.1 Å². The van der Waals surface area contributed by atoms with E-state index in [1.165, 1.54) is 0 Å². The van der Waals surface area contributed by atoms with Crippen LogP contribution in [-0.2, 0) is 31.7 Å². The quantitative estimate of drug-likeness (QED) is 0.321. The minimum Gasteiger partial charge on any atom is -0.361 e. The second-order valence-corrected chi connectivity index (χ2v) is 7.52. The van der Waals surface area contributed by atoms with Crippen LogP contribution in [0.2, 0.25) is 0 Å². The SMILES string of the molecule is O=CCOCC#Cc1cc(C(F)(F)F)cc2c1CC(CCC1CCC(=O)NC1=O)C2=O. The number of halogens is 3. The third-order valence-electron chi connectivity index (χ3n) is 5.46. The van der Waals surface area contributed by atoms with Crippen molar-refractivity contribution < 1.29 is 37.1 Å². The highest BCUT2D eigenvalue weighted by molar-refractivity contribution is 6.03. The van der Waals surface area contributed by atoms with E-state index in [2.05, 4.69) is 17.2 Å². The van der Waals surface area contributed by atoms with E-state index in [1.807, 2.05) is 0 Å². The van der Waals surface area contributed by atoms with Crippen LogP contribution in [0, 0.1) is 23.7 Å². The first-order valence-corrected chi connectivity index (χ1v) is 9.83. The number of rotatable bonds is 6. The molecule has 2 aliphatic rings. The predicted octanol–water partition coefficient (Wildman–Crippen LogP) is 2.46. The average Bonchev–Trinajstić information content (AvgIpc) is 3.02. The number of aldehydes is 1. The van der Waals surface area contributed by atoms with Gasteiger partial charge in [0, 0.05) is 29.4 Å². The van der Waals surface area contributed by atoms with Crippen molar-refractivity contribution in [3.63, 3.8) is 0 Å². The molecule has 1 aromatic rings. The molecule has 2 unspecified atom stereocenters. The van der Waals surface area contributed by atoms with Gasteiger partial charge in [0.2, 0.25) is 11.8 Å². The number of hydrogen-bond acceptors (Lipinski definition) is 5. The van der Waals surface area contributed by atoms with Crippen molar-refractivity contribution in [1.29, 1.82) is 0 Å². The molecule has 1 heterocycles. The van der Waals surface area contributed by atoms with Gasteiger partial charge in [0.25, 0.3) is 0 Å². The van der Waals surface area contributed by atoms with Crippen LogP contribution < -0.4 is 5.32 Å². The fourth-order valence-electron chi connectivity index (χ4n) is 3.88. The first-order chi connectivity index (χ1) is 14.7. The number of carbonyl (C=O) groups is 4. The predicted molar refractivity (Wildman–Crippen MR) is 102 cm³/mol. The molecule has 1 aliphatic heterocycles. The number of nitrogens with one attached hydrogen (secondary N) is 1. The van der Waals surface area contributed by atoms with Crippen molar-refractivity contribution in [3.05, 3.63) is 34.4 Å². The van der Waals surface area contributed by atoms with Gasteiger partial charge in [-0.1, -0.05) is 11.8 Å². The van der Waals surface area contributed by atoms with Gasteiger partial charge in [-0.15, -0.1) is 0 Å². The van der Waals surface area contributed by atoms with Crippen molar-refractivity contribution in [2.45, 2.75) is 38.3 Å². The van der Waals surface area contributed by atoms with Crippen molar-refractivity contribution >= 4 is 23.9 Å². The number of ether oxygens (including phenoxy) is 1. The molecule has 2 atom stereocenters. The Balaban J connectivity index is 1.79. The molecule has 1 N–H and O–H groups in total. The molecule has 0 aromatic heterocycles. The zero-order valence-electron chi connectivity index (χ0n) is 16.5. The minimum absolute atomic E-state index is 0.00112. The highest BCUT2D eigenvalue weighted by Crippen LogP contribution is 2.38. The van der Waals surface area contributed by atoms with Crippen LogP contribution in [-0.4, -0.2) is 37.1 Å². The smallest absolute Gasteiger partial charge is 0.361 e. The van der Waals surface area contributed by atoms with Crippen molar-refractivity contribution in [1.82, 2.24) is 5.32 Å². The van der Waals surface area contributed by atoms with Gasteiger partial charge in [-0.3, -0.25) is 19.7 Å². The van der Waals surface area contributed by atoms with E-state index in [-0.39, 0.29) is 49.0 Å². The maximum atomic E-state index is 13.3. The third-order valence-corrected chi connectivity index (χ3v) is 5.46. The van der Waals surface area contributed by atoms with Crippen molar-refractivity contribution in [2.75, 3.05) is 13.2 Å².